The van der Waals surface area contributed by atoms with Crippen molar-refractivity contribution >= 4 is 11.7 Å². The Morgan fingerprint density at radius 3 is 2.10 bits per heavy atom. The van der Waals surface area contributed by atoms with Gasteiger partial charge in [0, 0.05) is 12.8 Å². The van der Waals surface area contributed by atoms with E-state index in [-0.39, 0.29) is 5.84 Å². The first-order valence-corrected chi connectivity index (χ1v) is 3.36. The molecule has 0 saturated heterocycles. The predicted molar refractivity (Wildman–Crippen MR) is 43.1 cm³/mol. The highest BCUT2D eigenvalue weighted by Gasteiger charge is 2.01. The highest BCUT2D eigenvalue weighted by Crippen LogP contribution is 1.88. The molecule has 0 fully saturated rings. The third-order valence-corrected chi connectivity index (χ3v) is 0.986. The zero-order valence-electron chi connectivity index (χ0n) is 6.44. The molecule has 1 aliphatic rings. The number of nitrogens with one attached hydrogen (secondary N) is 2. The van der Waals surface area contributed by atoms with Crippen LogP contribution in [-0.2, 0) is 0 Å². The van der Waals surface area contributed by atoms with E-state index >= 15 is 0 Å². The van der Waals surface area contributed by atoms with Gasteiger partial charge in [0.1, 0.15) is 5.84 Å². The Morgan fingerprint density at radius 1 is 1.70 bits per heavy atom. The summed E-state index contributed by atoms with van der Waals surface area (Å²) in [5.74, 6) is 1.38. The Balaban J connectivity index is 0.000000162. The summed E-state index contributed by atoms with van der Waals surface area (Å²) in [5.41, 5.74) is 7.60. The van der Waals surface area contributed by atoms with Crippen LogP contribution in [0.4, 0.5) is 0 Å². The molecule has 0 amide bonds. The van der Waals surface area contributed by atoms with Crippen molar-refractivity contribution in [2.75, 3.05) is 0 Å². The number of nitrogens with zero attached hydrogens (tertiary/aromatic N) is 1. The van der Waals surface area contributed by atoms with E-state index in [1.165, 1.54) is 0 Å². The number of amidine groups is 2. The number of hydrogen-bond donors (Lipinski definition) is 3. The normalized spacial score (nSPS) is 12.0. The van der Waals surface area contributed by atoms with Gasteiger partial charge in [-0.25, -0.2) is 0 Å². The van der Waals surface area contributed by atoms with Crippen LogP contribution in [0.25, 0.3) is 0 Å². The van der Waals surface area contributed by atoms with Gasteiger partial charge < -0.3 is 5.73 Å². The van der Waals surface area contributed by atoms with Gasteiger partial charge >= 0.3 is 0 Å². The van der Waals surface area contributed by atoms with E-state index in [4.69, 9.17) is 11.1 Å². The quantitative estimate of drug-likeness (QED) is 0.390. The van der Waals surface area contributed by atoms with E-state index in [1.54, 1.807) is 0 Å². The molecule has 10 heavy (non-hydrogen) atoms. The van der Waals surface area contributed by atoms with Crippen molar-refractivity contribution in [2.45, 2.75) is 26.7 Å². The molecule has 0 aromatic heterocycles. The van der Waals surface area contributed by atoms with Gasteiger partial charge in [-0.05, 0) is 0 Å². The Kier molecular flexibility index (Phi) is 4.28. The van der Waals surface area contributed by atoms with E-state index in [0.717, 1.165) is 12.3 Å². The molecule has 4 heteroatoms. The maximum absolute atomic E-state index is 6.52. The molecule has 0 aromatic carbocycles. The van der Waals surface area contributed by atoms with Gasteiger partial charge in [0.05, 0.1) is 5.84 Å². The van der Waals surface area contributed by atoms with Crippen molar-refractivity contribution in [3.63, 3.8) is 0 Å². The Bertz CT molecular complexity index is 137. The number of rotatable bonds is 2. The lowest BCUT2D eigenvalue weighted by atomic mass is 10.5. The van der Waals surface area contributed by atoms with E-state index in [9.17, 15) is 0 Å². The molecule has 1 rings (SSSR count). The monoisotopic (exact) mass is 142 g/mol. The molecule has 0 bridgehead atoms. The molecule has 4 nitrogen and oxygen atoms in total. The van der Waals surface area contributed by atoms with Crippen LogP contribution in [0.5, 0.6) is 0 Å². The Hall–Kier alpha value is -1.06. The van der Waals surface area contributed by atoms with Crippen LogP contribution in [0.2, 0.25) is 0 Å². The van der Waals surface area contributed by atoms with Crippen molar-refractivity contribution in [3.8, 4) is 0 Å². The maximum Gasteiger partial charge on any atom is 0.142 e. The second-order valence-corrected chi connectivity index (χ2v) is 1.90. The van der Waals surface area contributed by atoms with E-state index < -0.39 is 0 Å². The average Bonchev–Trinajstić information content (AvgIpc) is 2.70. The minimum atomic E-state index is 0.255. The standard InChI is InChI=1S/C3H6N2.C3H8N2/c1-2-3-4-5-3;1-2-3(4)5/h2H2,1H3,(H,4,5);2H2,1H3,(H3,4,5). The first-order valence-electron chi connectivity index (χ1n) is 3.36. The van der Waals surface area contributed by atoms with E-state index in [0.29, 0.717) is 6.42 Å². The lowest BCUT2D eigenvalue weighted by molar-refractivity contribution is 1.21. The molecule has 0 atom stereocenters. The first kappa shape index (κ1) is 8.94. The SMILES string of the molecule is CCC(=N)N.CCC1=NN1. The molecule has 0 radical (unpaired) electrons. The summed E-state index contributed by atoms with van der Waals surface area (Å²) >= 11 is 0. The largest absolute Gasteiger partial charge is 0.388 e. The van der Waals surface area contributed by atoms with Crippen LogP contribution < -0.4 is 11.2 Å². The third kappa shape index (κ3) is 6.94. The second-order valence-electron chi connectivity index (χ2n) is 1.90. The van der Waals surface area contributed by atoms with Gasteiger partial charge in [-0.2, -0.15) is 5.10 Å². The fourth-order valence-electron chi connectivity index (χ4n) is 0.198. The summed E-state index contributed by atoms with van der Waals surface area (Å²) in [7, 11) is 0. The lowest BCUT2D eigenvalue weighted by Gasteiger charge is -1.79. The Labute approximate surface area is 61.0 Å². The maximum atomic E-state index is 6.52. The number of hydrogen-bond acceptors (Lipinski definition) is 3. The fraction of sp³-hybridized carbons (Fsp3) is 0.667. The van der Waals surface area contributed by atoms with Gasteiger partial charge in [0.25, 0.3) is 0 Å². The highest BCUT2D eigenvalue weighted by molar-refractivity contribution is 5.90. The minimum absolute atomic E-state index is 0.255. The van der Waals surface area contributed by atoms with Gasteiger partial charge in [-0.15, -0.1) is 0 Å². The first-order chi connectivity index (χ1) is 4.70. The summed E-state index contributed by atoms with van der Waals surface area (Å²) in [6.07, 6.45) is 1.72. The highest BCUT2D eigenvalue weighted by atomic mass is 15.5. The van der Waals surface area contributed by atoms with Crippen molar-refractivity contribution in [3.05, 3.63) is 0 Å². The minimum Gasteiger partial charge on any atom is -0.388 e. The van der Waals surface area contributed by atoms with Crippen LogP contribution in [0.3, 0.4) is 0 Å². The van der Waals surface area contributed by atoms with E-state index in [1.807, 2.05) is 6.92 Å². The van der Waals surface area contributed by atoms with Gasteiger partial charge in [0.15, 0.2) is 0 Å². The molecule has 58 valence electrons. The lowest BCUT2D eigenvalue weighted by Crippen LogP contribution is -2.05. The third-order valence-electron chi connectivity index (χ3n) is 0.986. The fourth-order valence-corrected chi connectivity index (χ4v) is 0.198. The van der Waals surface area contributed by atoms with Crippen molar-refractivity contribution in [2.24, 2.45) is 10.8 Å². The van der Waals surface area contributed by atoms with Crippen molar-refractivity contribution < 1.29 is 0 Å². The second kappa shape index (κ2) is 4.78. The number of nitrogens with two attached hydrogens (primary N) is 1. The molecule has 0 spiro atoms. The summed E-state index contributed by atoms with van der Waals surface area (Å²) < 4.78 is 0. The molecule has 0 saturated carbocycles. The van der Waals surface area contributed by atoms with Crippen molar-refractivity contribution in [1.29, 1.82) is 5.41 Å². The summed E-state index contributed by atoms with van der Waals surface area (Å²) in [4.78, 5) is 0. The van der Waals surface area contributed by atoms with Crippen LogP contribution in [-0.4, -0.2) is 11.7 Å². The molecule has 4 N–H and O–H groups in total. The topological polar surface area (TPSA) is 84.2 Å². The molecule has 1 aliphatic heterocycles. The molecule has 1 heterocycles. The van der Waals surface area contributed by atoms with Crippen LogP contribution >= 0.6 is 0 Å². The average molecular weight is 142 g/mol. The zero-order chi connectivity index (χ0) is 7.98. The molecular formula is C6H14N4. The Morgan fingerprint density at radius 2 is 2.10 bits per heavy atom. The summed E-state index contributed by atoms with van der Waals surface area (Å²) in [6, 6.07) is 0. The van der Waals surface area contributed by atoms with Crippen molar-refractivity contribution in [1.82, 2.24) is 5.43 Å². The van der Waals surface area contributed by atoms with Crippen LogP contribution in [0.1, 0.15) is 26.7 Å². The molecule has 0 unspecified atom stereocenters. The molecule has 0 aliphatic carbocycles. The predicted octanol–water partition coefficient (Wildman–Crippen LogP) is 0.645. The summed E-state index contributed by atoms with van der Waals surface area (Å²) in [6.45, 7) is 3.92. The molecule has 0 aromatic rings. The van der Waals surface area contributed by atoms with Gasteiger partial charge in [-0.3, -0.25) is 10.8 Å². The van der Waals surface area contributed by atoms with E-state index in [2.05, 4.69) is 17.5 Å². The summed E-state index contributed by atoms with van der Waals surface area (Å²) in [5, 5.41) is 10.2. The van der Waals surface area contributed by atoms with Gasteiger partial charge in [-0.1, -0.05) is 13.8 Å². The molecular weight excluding hydrogens is 128 g/mol. The smallest absolute Gasteiger partial charge is 0.142 e. The van der Waals surface area contributed by atoms with Crippen LogP contribution in [0.15, 0.2) is 5.10 Å². The number of hydrazone groups is 1. The van der Waals surface area contributed by atoms with Gasteiger partial charge in [0.2, 0.25) is 0 Å². The zero-order valence-corrected chi connectivity index (χ0v) is 6.44. The van der Waals surface area contributed by atoms with Crippen LogP contribution in [0, 0.1) is 5.41 Å².